The number of aromatic nitrogens is 2. The molecule has 1 aromatic heterocycles. The summed E-state index contributed by atoms with van der Waals surface area (Å²) in [6.07, 6.45) is 2.08. The molecule has 1 fully saturated rings. The van der Waals surface area contributed by atoms with Gasteiger partial charge in [0.2, 0.25) is 5.96 Å². The van der Waals surface area contributed by atoms with Crippen LogP contribution in [0.1, 0.15) is 30.3 Å². The molecule has 3 amide bonds. The maximum atomic E-state index is 12.3. The van der Waals surface area contributed by atoms with Gasteiger partial charge in [0.1, 0.15) is 0 Å². The highest BCUT2D eigenvalue weighted by Crippen LogP contribution is 2.27. The Bertz CT molecular complexity index is 688. The number of carbonyl (C=O) groups is 2. The fraction of sp³-hybridized carbons (Fsp3) is 0.500. The van der Waals surface area contributed by atoms with E-state index in [-0.39, 0.29) is 22.6 Å². The van der Waals surface area contributed by atoms with E-state index in [1.54, 1.807) is 6.92 Å². The van der Waals surface area contributed by atoms with E-state index >= 15 is 0 Å². The van der Waals surface area contributed by atoms with Crippen LogP contribution < -0.4 is 26.6 Å². The number of halogens is 1. The summed E-state index contributed by atoms with van der Waals surface area (Å²) in [5.41, 5.74) is 5.69. The zero-order valence-electron chi connectivity index (χ0n) is 14.1. The van der Waals surface area contributed by atoms with E-state index in [4.69, 9.17) is 17.3 Å². The predicted molar refractivity (Wildman–Crippen MR) is 95.9 cm³/mol. The first-order valence-electron chi connectivity index (χ1n) is 7.89. The van der Waals surface area contributed by atoms with Crippen molar-refractivity contribution < 1.29 is 9.59 Å². The third-order valence-electron chi connectivity index (χ3n) is 3.49. The molecule has 0 spiro atoms. The lowest BCUT2D eigenvalue weighted by molar-refractivity contribution is 0.0998. The van der Waals surface area contributed by atoms with Crippen molar-refractivity contribution in [2.75, 3.05) is 37.3 Å². The first kappa shape index (κ1) is 18.7. The Morgan fingerprint density at radius 1 is 1.32 bits per heavy atom. The average Bonchev–Trinajstić information content (AvgIpc) is 3.10. The van der Waals surface area contributed by atoms with Crippen LogP contribution in [-0.4, -0.2) is 54.5 Å². The van der Waals surface area contributed by atoms with E-state index in [1.807, 2.05) is 4.90 Å². The summed E-state index contributed by atoms with van der Waals surface area (Å²) < 4.78 is 0. The standard InChI is InChI=1S/C14H21ClN8O2/c1-3-18-14(25)22-13(17-2)21-12(24)8-10(16)20-11(9(15)19-8)23-6-4-5-7-23/h3-7H2,1-2H3,(H2,16,20)(H3,17,18,21,22,24,25). The smallest absolute Gasteiger partial charge is 0.321 e. The van der Waals surface area contributed by atoms with Crippen LogP contribution in [0.5, 0.6) is 0 Å². The van der Waals surface area contributed by atoms with Gasteiger partial charge in [0.15, 0.2) is 22.5 Å². The lowest BCUT2D eigenvalue weighted by Crippen LogP contribution is -2.45. The maximum Gasteiger partial charge on any atom is 0.321 e. The molecule has 0 saturated carbocycles. The second kappa shape index (κ2) is 8.47. The lowest BCUT2D eigenvalue weighted by Gasteiger charge is -2.18. The molecule has 0 bridgehead atoms. The summed E-state index contributed by atoms with van der Waals surface area (Å²) in [6, 6.07) is -0.495. The van der Waals surface area contributed by atoms with Crippen molar-refractivity contribution in [3.8, 4) is 0 Å². The molecule has 11 heteroatoms. The number of nitrogens with two attached hydrogens (primary N) is 1. The van der Waals surface area contributed by atoms with Crippen LogP contribution in [-0.2, 0) is 0 Å². The van der Waals surface area contributed by atoms with Crippen LogP contribution in [0.25, 0.3) is 0 Å². The number of anilines is 2. The Morgan fingerprint density at radius 3 is 2.60 bits per heavy atom. The van der Waals surface area contributed by atoms with E-state index in [0.29, 0.717) is 12.4 Å². The van der Waals surface area contributed by atoms with Crippen LogP contribution in [0.15, 0.2) is 4.99 Å². The predicted octanol–water partition coefficient (Wildman–Crippen LogP) is 0.347. The highest BCUT2D eigenvalue weighted by Gasteiger charge is 2.22. The normalized spacial score (nSPS) is 14.4. The highest BCUT2D eigenvalue weighted by molar-refractivity contribution is 6.32. The van der Waals surface area contributed by atoms with E-state index in [0.717, 1.165) is 25.9 Å². The molecule has 0 aromatic carbocycles. The number of hydrogen-bond acceptors (Lipinski definition) is 6. The quantitative estimate of drug-likeness (QED) is 0.446. The van der Waals surface area contributed by atoms with Gasteiger partial charge in [-0.15, -0.1) is 0 Å². The minimum Gasteiger partial charge on any atom is -0.382 e. The maximum absolute atomic E-state index is 12.3. The molecule has 0 unspecified atom stereocenters. The van der Waals surface area contributed by atoms with Crippen molar-refractivity contribution in [2.24, 2.45) is 4.99 Å². The van der Waals surface area contributed by atoms with Gasteiger partial charge in [0.05, 0.1) is 0 Å². The van der Waals surface area contributed by atoms with Gasteiger partial charge in [-0.05, 0) is 19.8 Å². The third kappa shape index (κ3) is 4.69. The van der Waals surface area contributed by atoms with Crippen LogP contribution in [0.2, 0.25) is 5.15 Å². The van der Waals surface area contributed by atoms with Gasteiger partial charge in [0, 0.05) is 26.7 Å². The molecular formula is C14H21ClN8O2. The van der Waals surface area contributed by atoms with E-state index in [2.05, 4.69) is 30.9 Å². The molecular weight excluding hydrogens is 348 g/mol. The topological polar surface area (TPSA) is 138 Å². The second-order valence-electron chi connectivity index (χ2n) is 5.27. The Hall–Kier alpha value is -2.62. The van der Waals surface area contributed by atoms with Crippen LogP contribution in [0.4, 0.5) is 16.4 Å². The number of rotatable bonds is 3. The molecule has 25 heavy (non-hydrogen) atoms. The molecule has 1 aliphatic rings. The number of hydrogen-bond donors (Lipinski definition) is 4. The van der Waals surface area contributed by atoms with Gasteiger partial charge in [0.25, 0.3) is 0 Å². The van der Waals surface area contributed by atoms with Gasteiger partial charge in [-0.2, -0.15) is 4.99 Å². The van der Waals surface area contributed by atoms with E-state index in [1.165, 1.54) is 7.05 Å². The molecule has 10 nitrogen and oxygen atoms in total. The van der Waals surface area contributed by atoms with Crippen LogP contribution in [0, 0.1) is 0 Å². The zero-order chi connectivity index (χ0) is 18.4. The van der Waals surface area contributed by atoms with Crippen LogP contribution in [0.3, 0.4) is 0 Å². The molecule has 0 atom stereocenters. The number of nitrogens with zero attached hydrogens (tertiary/aromatic N) is 4. The first-order chi connectivity index (χ1) is 12.0. The Balaban J connectivity index is 2.21. The van der Waals surface area contributed by atoms with Crippen molar-refractivity contribution in [3.05, 3.63) is 10.8 Å². The van der Waals surface area contributed by atoms with Crippen molar-refractivity contribution >= 4 is 41.1 Å². The molecule has 0 aliphatic carbocycles. The summed E-state index contributed by atoms with van der Waals surface area (Å²) >= 11 is 6.15. The van der Waals surface area contributed by atoms with Gasteiger partial charge >= 0.3 is 11.9 Å². The fourth-order valence-corrected chi connectivity index (χ4v) is 2.57. The lowest BCUT2D eigenvalue weighted by atomic mass is 10.4. The molecule has 136 valence electrons. The minimum atomic E-state index is -0.763. The van der Waals surface area contributed by atoms with Crippen molar-refractivity contribution in [3.63, 3.8) is 0 Å². The fourth-order valence-electron chi connectivity index (χ4n) is 2.32. The van der Waals surface area contributed by atoms with Crippen LogP contribution >= 0.6 is 11.6 Å². The van der Waals surface area contributed by atoms with Crippen molar-refractivity contribution in [1.82, 2.24) is 25.9 Å². The summed E-state index contributed by atoms with van der Waals surface area (Å²) in [7, 11) is 1.51. The Morgan fingerprint density at radius 2 is 2.00 bits per heavy atom. The van der Waals surface area contributed by atoms with Crippen molar-refractivity contribution in [2.45, 2.75) is 19.8 Å². The third-order valence-corrected chi connectivity index (χ3v) is 3.74. The number of carbonyl (C=O) groups excluding carboxylic acids is 2. The molecule has 2 rings (SSSR count). The number of amides is 3. The van der Waals surface area contributed by atoms with Gasteiger partial charge in [-0.1, -0.05) is 11.6 Å². The van der Waals surface area contributed by atoms with E-state index in [9.17, 15) is 9.59 Å². The molecule has 2 heterocycles. The molecule has 0 radical (unpaired) electrons. The summed E-state index contributed by atoms with van der Waals surface area (Å²) in [5, 5.41) is 7.62. The zero-order valence-corrected chi connectivity index (χ0v) is 14.9. The Labute approximate surface area is 150 Å². The molecule has 1 aromatic rings. The monoisotopic (exact) mass is 368 g/mol. The molecule has 5 N–H and O–H groups in total. The van der Waals surface area contributed by atoms with Gasteiger partial charge in [-0.3, -0.25) is 10.1 Å². The summed E-state index contributed by atoms with van der Waals surface area (Å²) in [6.45, 7) is 3.84. The summed E-state index contributed by atoms with van der Waals surface area (Å²) in [4.78, 5) is 37.8. The van der Waals surface area contributed by atoms with Gasteiger partial charge < -0.3 is 21.3 Å². The number of urea groups is 1. The average molecular weight is 369 g/mol. The number of aliphatic imine (C=N–C) groups is 1. The second-order valence-corrected chi connectivity index (χ2v) is 5.62. The molecule has 1 saturated heterocycles. The van der Waals surface area contributed by atoms with Crippen molar-refractivity contribution in [1.29, 1.82) is 0 Å². The minimum absolute atomic E-state index is 0.0445. The largest absolute Gasteiger partial charge is 0.382 e. The highest BCUT2D eigenvalue weighted by atomic mass is 35.5. The Kier molecular flexibility index (Phi) is 6.34. The number of nitrogens with one attached hydrogen (secondary N) is 3. The summed E-state index contributed by atoms with van der Waals surface area (Å²) in [5.74, 6) is -0.405. The SMILES string of the molecule is CCNC(=O)N/C(=N\C(=O)c1nc(Cl)c(N2CCCC2)nc1N)NC. The first-order valence-corrected chi connectivity index (χ1v) is 8.27. The van der Waals surface area contributed by atoms with Gasteiger partial charge in [-0.25, -0.2) is 14.8 Å². The number of guanidine groups is 1. The van der Waals surface area contributed by atoms with E-state index < -0.39 is 11.9 Å². The number of nitrogen functional groups attached to an aromatic ring is 1. The molecule has 1 aliphatic heterocycles.